The van der Waals surface area contributed by atoms with Gasteiger partial charge in [-0.05, 0) is 60.7 Å². The number of ether oxygens (including phenoxy) is 3. The summed E-state index contributed by atoms with van der Waals surface area (Å²) in [6.07, 6.45) is 7.85. The van der Waals surface area contributed by atoms with Crippen LogP contribution in [0.5, 0.6) is 17.2 Å². The molecule has 1 saturated heterocycles. The van der Waals surface area contributed by atoms with Gasteiger partial charge in [-0.15, -0.1) is 0 Å². The van der Waals surface area contributed by atoms with Crippen LogP contribution in [0.25, 0.3) is 6.08 Å². The van der Waals surface area contributed by atoms with Gasteiger partial charge in [0.05, 0.1) is 33.0 Å². The fourth-order valence-corrected chi connectivity index (χ4v) is 5.36. The van der Waals surface area contributed by atoms with E-state index >= 15 is 0 Å². The molecule has 0 radical (unpaired) electrons. The highest BCUT2D eigenvalue weighted by Crippen LogP contribution is 2.49. The number of nitrogens with zero attached hydrogens (tertiary/aromatic N) is 1. The van der Waals surface area contributed by atoms with Crippen molar-refractivity contribution in [3.8, 4) is 17.2 Å². The SMILES string of the molecule is COc1ccc([C@H]2[C@H]3CCCC[C@]3(O)CCN2C(=O)/C=C/c2ccc(OC)c(OC)c2)cc1. The number of amides is 1. The lowest BCUT2D eigenvalue weighted by molar-refractivity contribution is -0.150. The molecule has 2 aromatic carbocycles. The van der Waals surface area contributed by atoms with Crippen LogP contribution >= 0.6 is 0 Å². The van der Waals surface area contributed by atoms with E-state index in [1.807, 2.05) is 47.4 Å². The zero-order valence-electron chi connectivity index (χ0n) is 19.6. The number of methoxy groups -OCH3 is 3. The van der Waals surface area contributed by atoms with Gasteiger partial charge in [-0.2, -0.15) is 0 Å². The maximum absolute atomic E-state index is 13.4. The summed E-state index contributed by atoms with van der Waals surface area (Å²) in [5, 5.41) is 11.4. The van der Waals surface area contributed by atoms with Gasteiger partial charge in [0.1, 0.15) is 5.75 Å². The normalized spacial score (nSPS) is 24.9. The van der Waals surface area contributed by atoms with E-state index in [0.717, 1.165) is 42.6 Å². The standard InChI is InChI=1S/C27H33NO5/c1-31-21-11-9-20(10-12-21)26-22-6-4-5-15-27(22,30)16-17-28(26)25(29)14-8-19-7-13-23(32-2)24(18-19)33-3/h7-14,18,22,26,30H,4-6,15-17H2,1-3H3/b14-8+/t22-,26+,27+/m1/s1. The first-order valence-electron chi connectivity index (χ1n) is 11.6. The van der Waals surface area contributed by atoms with Crippen LogP contribution in [0.4, 0.5) is 0 Å². The number of hydrogen-bond acceptors (Lipinski definition) is 5. The Morgan fingerprint density at radius 2 is 1.76 bits per heavy atom. The zero-order valence-corrected chi connectivity index (χ0v) is 19.6. The largest absolute Gasteiger partial charge is 0.497 e. The molecule has 1 aliphatic heterocycles. The minimum Gasteiger partial charge on any atom is -0.497 e. The number of aliphatic hydroxyl groups is 1. The number of likely N-dealkylation sites (tertiary alicyclic amines) is 1. The molecule has 0 spiro atoms. The van der Waals surface area contributed by atoms with Crippen LogP contribution in [-0.2, 0) is 4.79 Å². The molecule has 6 nitrogen and oxygen atoms in total. The molecule has 0 aromatic heterocycles. The third kappa shape index (κ3) is 4.71. The van der Waals surface area contributed by atoms with E-state index in [-0.39, 0.29) is 17.9 Å². The van der Waals surface area contributed by atoms with Gasteiger partial charge in [0.2, 0.25) is 5.91 Å². The van der Waals surface area contributed by atoms with Crippen LogP contribution in [0, 0.1) is 5.92 Å². The van der Waals surface area contributed by atoms with Crippen LogP contribution in [0.3, 0.4) is 0 Å². The van der Waals surface area contributed by atoms with Gasteiger partial charge in [0, 0.05) is 18.5 Å². The lowest BCUT2D eigenvalue weighted by Crippen LogP contribution is -2.56. The molecule has 6 heteroatoms. The van der Waals surface area contributed by atoms with Crippen LogP contribution in [-0.4, -0.2) is 49.4 Å². The smallest absolute Gasteiger partial charge is 0.247 e. The second-order valence-corrected chi connectivity index (χ2v) is 8.90. The topological polar surface area (TPSA) is 68.2 Å². The highest BCUT2D eigenvalue weighted by atomic mass is 16.5. The van der Waals surface area contributed by atoms with E-state index in [0.29, 0.717) is 24.5 Å². The van der Waals surface area contributed by atoms with Crippen molar-refractivity contribution in [1.29, 1.82) is 0 Å². The second-order valence-electron chi connectivity index (χ2n) is 8.90. The molecule has 4 rings (SSSR count). The maximum atomic E-state index is 13.4. The van der Waals surface area contributed by atoms with E-state index in [1.165, 1.54) is 0 Å². The Morgan fingerprint density at radius 1 is 1.00 bits per heavy atom. The molecule has 176 valence electrons. The van der Waals surface area contributed by atoms with Crippen molar-refractivity contribution in [3.05, 3.63) is 59.7 Å². The fourth-order valence-electron chi connectivity index (χ4n) is 5.36. The van der Waals surface area contributed by atoms with Crippen LogP contribution in [0.2, 0.25) is 0 Å². The Kier molecular flexibility index (Phi) is 6.94. The Balaban J connectivity index is 1.62. The van der Waals surface area contributed by atoms with Crippen LogP contribution in [0.1, 0.15) is 49.3 Å². The van der Waals surface area contributed by atoms with Gasteiger partial charge in [-0.1, -0.05) is 31.0 Å². The molecule has 3 atom stereocenters. The Bertz CT molecular complexity index is 1000. The molecule has 2 aromatic rings. The maximum Gasteiger partial charge on any atom is 0.247 e. The number of fused-ring (bicyclic) bond motifs is 1. The van der Waals surface area contributed by atoms with E-state index in [1.54, 1.807) is 33.5 Å². The Hall–Kier alpha value is -2.99. The molecule has 1 amide bonds. The van der Waals surface area contributed by atoms with Gasteiger partial charge < -0.3 is 24.2 Å². The van der Waals surface area contributed by atoms with Gasteiger partial charge in [0.25, 0.3) is 0 Å². The molecule has 1 saturated carbocycles. The predicted octanol–water partition coefficient (Wildman–Crippen LogP) is 4.62. The summed E-state index contributed by atoms with van der Waals surface area (Å²) in [7, 11) is 4.83. The third-order valence-electron chi connectivity index (χ3n) is 7.13. The fraction of sp³-hybridized carbons (Fsp3) is 0.444. The summed E-state index contributed by atoms with van der Waals surface area (Å²) in [5.74, 6) is 2.01. The van der Waals surface area contributed by atoms with E-state index < -0.39 is 5.60 Å². The van der Waals surface area contributed by atoms with Gasteiger partial charge in [0.15, 0.2) is 11.5 Å². The van der Waals surface area contributed by atoms with Gasteiger partial charge >= 0.3 is 0 Å². The summed E-state index contributed by atoms with van der Waals surface area (Å²) in [6, 6.07) is 13.3. The molecule has 2 aliphatic rings. The summed E-state index contributed by atoms with van der Waals surface area (Å²) >= 11 is 0. The van der Waals surface area contributed by atoms with Crippen molar-refractivity contribution in [2.75, 3.05) is 27.9 Å². The molecular weight excluding hydrogens is 418 g/mol. The average molecular weight is 452 g/mol. The van der Waals surface area contributed by atoms with E-state index in [9.17, 15) is 9.90 Å². The minimum absolute atomic E-state index is 0.0202. The summed E-state index contributed by atoms with van der Waals surface area (Å²) < 4.78 is 16.0. The molecule has 2 fully saturated rings. The number of piperidine rings is 1. The summed E-state index contributed by atoms with van der Waals surface area (Å²) in [6.45, 7) is 0.527. The first-order chi connectivity index (χ1) is 16.0. The Morgan fingerprint density at radius 3 is 2.45 bits per heavy atom. The first-order valence-corrected chi connectivity index (χ1v) is 11.6. The van der Waals surface area contributed by atoms with Crippen LogP contribution in [0.15, 0.2) is 48.5 Å². The van der Waals surface area contributed by atoms with Gasteiger partial charge in [-0.25, -0.2) is 0 Å². The van der Waals surface area contributed by atoms with Gasteiger partial charge in [-0.3, -0.25) is 4.79 Å². The van der Waals surface area contributed by atoms with Crippen LogP contribution < -0.4 is 14.2 Å². The van der Waals surface area contributed by atoms with Crippen molar-refractivity contribution in [2.24, 2.45) is 5.92 Å². The molecule has 1 N–H and O–H groups in total. The third-order valence-corrected chi connectivity index (χ3v) is 7.13. The van der Waals surface area contributed by atoms with Crippen molar-refractivity contribution in [3.63, 3.8) is 0 Å². The molecule has 0 unspecified atom stereocenters. The highest BCUT2D eigenvalue weighted by Gasteiger charge is 2.49. The molecule has 1 aliphatic carbocycles. The zero-order chi connectivity index (χ0) is 23.4. The first kappa shape index (κ1) is 23.2. The summed E-state index contributed by atoms with van der Waals surface area (Å²) in [5.41, 5.74) is 1.18. The van der Waals surface area contributed by atoms with E-state index in [2.05, 4.69) is 0 Å². The summed E-state index contributed by atoms with van der Waals surface area (Å²) in [4.78, 5) is 15.3. The van der Waals surface area contributed by atoms with E-state index in [4.69, 9.17) is 14.2 Å². The highest BCUT2D eigenvalue weighted by molar-refractivity contribution is 5.92. The second kappa shape index (κ2) is 9.87. The Labute approximate surface area is 195 Å². The number of hydrogen-bond donors (Lipinski definition) is 1. The lowest BCUT2D eigenvalue weighted by Gasteiger charge is -2.52. The monoisotopic (exact) mass is 451 g/mol. The number of rotatable bonds is 6. The predicted molar refractivity (Wildman–Crippen MR) is 128 cm³/mol. The van der Waals surface area contributed by atoms with Crippen molar-refractivity contribution in [2.45, 2.75) is 43.7 Å². The molecule has 1 heterocycles. The minimum atomic E-state index is -0.716. The van der Waals surface area contributed by atoms with Crippen molar-refractivity contribution >= 4 is 12.0 Å². The number of benzene rings is 2. The number of carbonyl (C=O) groups excluding carboxylic acids is 1. The number of carbonyl (C=O) groups is 1. The molecule has 0 bridgehead atoms. The van der Waals surface area contributed by atoms with Crippen molar-refractivity contribution in [1.82, 2.24) is 4.90 Å². The molecule has 33 heavy (non-hydrogen) atoms. The molecular formula is C27H33NO5. The average Bonchev–Trinajstić information content (AvgIpc) is 2.86. The lowest BCUT2D eigenvalue weighted by atomic mass is 9.66. The van der Waals surface area contributed by atoms with Crippen molar-refractivity contribution < 1.29 is 24.1 Å². The quantitative estimate of drug-likeness (QED) is 0.649.